The van der Waals surface area contributed by atoms with Gasteiger partial charge in [-0.25, -0.2) is 0 Å². The van der Waals surface area contributed by atoms with Gasteiger partial charge in [0.25, 0.3) is 5.69 Å². The molecule has 0 aliphatic carbocycles. The lowest BCUT2D eigenvalue weighted by Crippen LogP contribution is -2.15. The number of nitrogen functional groups attached to an aromatic ring is 1. The van der Waals surface area contributed by atoms with E-state index in [0.717, 1.165) is 0 Å². The highest BCUT2D eigenvalue weighted by molar-refractivity contribution is 5.62. The zero-order valence-corrected chi connectivity index (χ0v) is 9.88. The maximum absolute atomic E-state index is 10.7. The molecule has 0 heterocycles. The van der Waals surface area contributed by atoms with Crippen LogP contribution < -0.4 is 5.73 Å². The molecule has 1 unspecified atom stereocenters. The molecule has 0 fully saturated rings. The average Bonchev–Trinajstić information content (AvgIpc) is 2.27. The molecule has 0 amide bonds. The molecule has 94 valence electrons. The smallest absolute Gasteiger partial charge is 0.292 e. The van der Waals surface area contributed by atoms with E-state index in [1.165, 1.54) is 6.07 Å². The molecule has 0 aromatic heterocycles. The van der Waals surface area contributed by atoms with Gasteiger partial charge in [-0.3, -0.25) is 10.1 Å². The molecule has 0 bridgehead atoms. The van der Waals surface area contributed by atoms with Crippen molar-refractivity contribution >= 4 is 11.4 Å². The Bertz CT molecular complexity index is 395. The molecule has 0 aliphatic rings. The number of rotatable bonds is 6. The number of hydrogen-bond acceptors (Lipinski definition) is 5. The molecule has 0 aliphatic heterocycles. The second-order valence-electron chi connectivity index (χ2n) is 3.68. The summed E-state index contributed by atoms with van der Waals surface area (Å²) < 4.78 is 10.4. The lowest BCUT2D eigenvalue weighted by molar-refractivity contribution is -0.384. The maximum Gasteiger partial charge on any atom is 0.292 e. The third-order valence-electron chi connectivity index (χ3n) is 2.29. The molecule has 0 saturated carbocycles. The van der Waals surface area contributed by atoms with Gasteiger partial charge in [0.1, 0.15) is 5.69 Å². The molecule has 2 N–H and O–H groups in total. The molecule has 0 spiro atoms. The highest BCUT2D eigenvalue weighted by Crippen LogP contribution is 2.25. The third-order valence-corrected chi connectivity index (χ3v) is 2.29. The minimum atomic E-state index is -0.503. The largest absolute Gasteiger partial charge is 0.393 e. The molecule has 1 atom stereocenters. The molecule has 6 nitrogen and oxygen atoms in total. The van der Waals surface area contributed by atoms with Crippen LogP contribution in [0.4, 0.5) is 11.4 Å². The SMILES string of the molecule is COCC(C)OCc1cccc([N+](=O)[O-])c1N. The van der Waals surface area contributed by atoms with Gasteiger partial charge in [-0.05, 0) is 6.92 Å². The Hall–Kier alpha value is -1.66. The Kier molecular flexibility index (Phi) is 4.86. The van der Waals surface area contributed by atoms with Crippen LogP contribution in [-0.2, 0) is 16.1 Å². The van der Waals surface area contributed by atoms with Gasteiger partial charge >= 0.3 is 0 Å². The van der Waals surface area contributed by atoms with Crippen molar-refractivity contribution in [2.45, 2.75) is 19.6 Å². The van der Waals surface area contributed by atoms with Gasteiger partial charge in [0.2, 0.25) is 0 Å². The van der Waals surface area contributed by atoms with Crippen LogP contribution in [-0.4, -0.2) is 24.7 Å². The average molecular weight is 240 g/mol. The van der Waals surface area contributed by atoms with Gasteiger partial charge in [0.05, 0.1) is 24.2 Å². The van der Waals surface area contributed by atoms with Crippen LogP contribution >= 0.6 is 0 Å². The zero-order chi connectivity index (χ0) is 12.8. The Morgan fingerprint density at radius 3 is 2.82 bits per heavy atom. The van der Waals surface area contributed by atoms with Gasteiger partial charge in [-0.1, -0.05) is 12.1 Å². The molecule has 1 aromatic rings. The summed E-state index contributed by atoms with van der Waals surface area (Å²) in [5.74, 6) is 0. The van der Waals surface area contributed by atoms with E-state index in [4.69, 9.17) is 15.2 Å². The second kappa shape index (κ2) is 6.17. The first-order valence-corrected chi connectivity index (χ1v) is 5.18. The lowest BCUT2D eigenvalue weighted by Gasteiger charge is -2.12. The first kappa shape index (κ1) is 13.4. The van der Waals surface area contributed by atoms with Crippen LogP contribution in [0, 0.1) is 10.1 Å². The number of methoxy groups -OCH3 is 1. The Morgan fingerprint density at radius 1 is 1.53 bits per heavy atom. The summed E-state index contributed by atoms with van der Waals surface area (Å²) in [6.07, 6.45) is -0.0846. The maximum atomic E-state index is 10.7. The van der Waals surface area contributed by atoms with Gasteiger partial charge < -0.3 is 15.2 Å². The Labute approximate surface area is 99.5 Å². The number of anilines is 1. The normalized spacial score (nSPS) is 12.4. The number of nitrogens with zero attached hydrogens (tertiary/aromatic N) is 1. The molecule has 1 aromatic carbocycles. The van der Waals surface area contributed by atoms with Crippen LogP contribution in [0.1, 0.15) is 12.5 Å². The minimum Gasteiger partial charge on any atom is -0.393 e. The predicted octanol–water partition coefficient (Wildman–Crippen LogP) is 1.73. The van der Waals surface area contributed by atoms with Crippen LogP contribution in [0.25, 0.3) is 0 Å². The van der Waals surface area contributed by atoms with E-state index in [1.807, 2.05) is 6.92 Å². The lowest BCUT2D eigenvalue weighted by atomic mass is 10.1. The third kappa shape index (κ3) is 3.69. The van der Waals surface area contributed by atoms with Gasteiger partial charge in [-0.2, -0.15) is 0 Å². The molecule has 0 radical (unpaired) electrons. The van der Waals surface area contributed by atoms with Crippen LogP contribution in [0.3, 0.4) is 0 Å². The zero-order valence-electron chi connectivity index (χ0n) is 9.88. The number of nitro benzene ring substituents is 1. The topological polar surface area (TPSA) is 87.6 Å². The van der Waals surface area contributed by atoms with E-state index in [1.54, 1.807) is 19.2 Å². The summed E-state index contributed by atoms with van der Waals surface area (Å²) in [7, 11) is 1.58. The number of benzene rings is 1. The summed E-state index contributed by atoms with van der Waals surface area (Å²) in [4.78, 5) is 10.2. The molecular weight excluding hydrogens is 224 g/mol. The van der Waals surface area contributed by atoms with Crippen molar-refractivity contribution in [1.82, 2.24) is 0 Å². The fourth-order valence-electron chi connectivity index (χ4n) is 1.40. The number of para-hydroxylation sites is 1. The van der Waals surface area contributed by atoms with Crippen LogP contribution in [0.15, 0.2) is 18.2 Å². The first-order chi connectivity index (χ1) is 8.06. The molecule has 17 heavy (non-hydrogen) atoms. The summed E-state index contributed by atoms with van der Waals surface area (Å²) in [6, 6.07) is 4.67. The molecule has 6 heteroatoms. The number of nitrogens with two attached hydrogens (primary N) is 1. The van der Waals surface area contributed by atoms with Crippen molar-refractivity contribution in [3.63, 3.8) is 0 Å². The predicted molar refractivity (Wildman–Crippen MR) is 63.6 cm³/mol. The van der Waals surface area contributed by atoms with Gasteiger partial charge in [0, 0.05) is 18.7 Å². The van der Waals surface area contributed by atoms with Crippen LogP contribution in [0.2, 0.25) is 0 Å². The summed E-state index contributed by atoms with van der Waals surface area (Å²) >= 11 is 0. The van der Waals surface area contributed by atoms with E-state index in [2.05, 4.69) is 0 Å². The van der Waals surface area contributed by atoms with E-state index < -0.39 is 4.92 Å². The summed E-state index contributed by atoms with van der Waals surface area (Å²) in [6.45, 7) is 2.56. The van der Waals surface area contributed by atoms with Gasteiger partial charge in [0.15, 0.2) is 0 Å². The molecule has 0 saturated heterocycles. The fourth-order valence-corrected chi connectivity index (χ4v) is 1.40. The highest BCUT2D eigenvalue weighted by atomic mass is 16.6. The first-order valence-electron chi connectivity index (χ1n) is 5.18. The van der Waals surface area contributed by atoms with Crippen molar-refractivity contribution in [1.29, 1.82) is 0 Å². The van der Waals surface area contributed by atoms with Crippen LogP contribution in [0.5, 0.6) is 0 Å². The van der Waals surface area contributed by atoms with Crippen molar-refractivity contribution in [2.75, 3.05) is 19.5 Å². The summed E-state index contributed by atoms with van der Waals surface area (Å²) in [5, 5.41) is 10.7. The molecular formula is C11H16N2O4. The van der Waals surface area contributed by atoms with E-state index in [-0.39, 0.29) is 24.1 Å². The second-order valence-corrected chi connectivity index (χ2v) is 3.68. The molecule has 1 rings (SSSR count). The number of nitro groups is 1. The minimum absolute atomic E-state index is 0.0846. The van der Waals surface area contributed by atoms with Crippen molar-refractivity contribution < 1.29 is 14.4 Å². The van der Waals surface area contributed by atoms with Crippen molar-refractivity contribution in [3.8, 4) is 0 Å². The fraction of sp³-hybridized carbons (Fsp3) is 0.455. The highest BCUT2D eigenvalue weighted by Gasteiger charge is 2.14. The standard InChI is InChI=1S/C11H16N2O4/c1-8(6-16-2)17-7-9-4-3-5-10(11(9)12)13(14)15/h3-5,8H,6-7,12H2,1-2H3. The van der Waals surface area contributed by atoms with E-state index in [0.29, 0.717) is 12.2 Å². The van der Waals surface area contributed by atoms with E-state index >= 15 is 0 Å². The Balaban J connectivity index is 2.72. The monoisotopic (exact) mass is 240 g/mol. The number of ether oxygens (including phenoxy) is 2. The Morgan fingerprint density at radius 2 is 2.24 bits per heavy atom. The summed E-state index contributed by atoms with van der Waals surface area (Å²) in [5.41, 5.74) is 6.37. The number of hydrogen-bond donors (Lipinski definition) is 1. The van der Waals surface area contributed by atoms with Crippen molar-refractivity contribution in [2.24, 2.45) is 0 Å². The van der Waals surface area contributed by atoms with E-state index in [9.17, 15) is 10.1 Å². The van der Waals surface area contributed by atoms with Gasteiger partial charge in [-0.15, -0.1) is 0 Å². The van der Waals surface area contributed by atoms with Crippen molar-refractivity contribution in [3.05, 3.63) is 33.9 Å². The quantitative estimate of drug-likeness (QED) is 0.464.